The van der Waals surface area contributed by atoms with Crippen LogP contribution in [-0.2, 0) is 23.1 Å². The van der Waals surface area contributed by atoms with E-state index >= 15 is 0 Å². The molecule has 6 heteroatoms. The molecule has 0 spiro atoms. The van der Waals surface area contributed by atoms with Crippen LogP contribution < -0.4 is 10.0 Å². The molecule has 0 fully saturated rings. The van der Waals surface area contributed by atoms with Crippen molar-refractivity contribution in [3.05, 3.63) is 64.7 Å². The van der Waals surface area contributed by atoms with Crippen molar-refractivity contribution in [3.8, 4) is 0 Å². The van der Waals surface area contributed by atoms with Gasteiger partial charge in [-0.15, -0.1) is 0 Å². The molecule has 0 heterocycles. The van der Waals surface area contributed by atoms with Crippen LogP contribution in [0, 0.1) is 0 Å². The monoisotopic (exact) mass is 324 g/mol. The lowest BCUT2D eigenvalue weighted by atomic mass is 10.2. The Morgan fingerprint density at radius 3 is 2.52 bits per heavy atom. The first kappa shape index (κ1) is 16.0. The normalized spacial score (nSPS) is 11.5. The summed E-state index contributed by atoms with van der Waals surface area (Å²) in [6.45, 7) is 0.699. The van der Waals surface area contributed by atoms with E-state index in [0.717, 1.165) is 11.1 Å². The van der Waals surface area contributed by atoms with Crippen molar-refractivity contribution in [2.24, 2.45) is 0 Å². The van der Waals surface area contributed by atoms with Crippen LogP contribution in [0.15, 0.2) is 53.4 Å². The second kappa shape index (κ2) is 7.04. The lowest BCUT2D eigenvalue weighted by Crippen LogP contribution is -2.25. The number of nitrogens with one attached hydrogen (secondary N) is 2. The van der Waals surface area contributed by atoms with Crippen LogP contribution >= 0.6 is 11.6 Å². The Morgan fingerprint density at radius 2 is 1.81 bits per heavy atom. The summed E-state index contributed by atoms with van der Waals surface area (Å²) in [5, 5.41) is 3.55. The van der Waals surface area contributed by atoms with Gasteiger partial charge in [0.1, 0.15) is 0 Å². The zero-order valence-corrected chi connectivity index (χ0v) is 13.2. The van der Waals surface area contributed by atoms with Gasteiger partial charge >= 0.3 is 0 Å². The average molecular weight is 325 g/mol. The van der Waals surface area contributed by atoms with Crippen molar-refractivity contribution >= 4 is 21.6 Å². The highest BCUT2D eigenvalue weighted by Gasteiger charge is 2.17. The van der Waals surface area contributed by atoms with Crippen molar-refractivity contribution in [2.75, 3.05) is 7.05 Å². The molecule has 0 saturated heterocycles. The second-order valence-electron chi connectivity index (χ2n) is 4.59. The number of sulfonamides is 1. The van der Waals surface area contributed by atoms with Crippen LogP contribution in [0.4, 0.5) is 0 Å². The standard InChI is InChI=1S/C15H17ClN2O2S/c1-17-11-13-6-2-3-8-15(13)21(19,20)18-10-12-5-4-7-14(16)9-12/h2-9,17-18H,10-11H2,1H3. The highest BCUT2D eigenvalue weighted by atomic mass is 35.5. The zero-order chi connectivity index (χ0) is 15.3. The third-order valence-electron chi connectivity index (χ3n) is 2.98. The zero-order valence-electron chi connectivity index (χ0n) is 11.6. The predicted octanol–water partition coefficient (Wildman–Crippen LogP) is 2.54. The maximum atomic E-state index is 12.4. The Morgan fingerprint density at radius 1 is 1.05 bits per heavy atom. The molecule has 0 unspecified atom stereocenters. The maximum absolute atomic E-state index is 12.4. The molecule has 21 heavy (non-hydrogen) atoms. The Bertz CT molecular complexity index is 717. The van der Waals surface area contributed by atoms with Crippen molar-refractivity contribution in [2.45, 2.75) is 18.0 Å². The van der Waals surface area contributed by atoms with Crippen LogP contribution in [0.25, 0.3) is 0 Å². The second-order valence-corrected chi connectivity index (χ2v) is 6.76. The molecular weight excluding hydrogens is 308 g/mol. The van der Waals surface area contributed by atoms with Gasteiger partial charge in [0.05, 0.1) is 4.90 Å². The Labute approximate surface area is 130 Å². The SMILES string of the molecule is CNCc1ccccc1S(=O)(=O)NCc1cccc(Cl)c1. The van der Waals surface area contributed by atoms with Crippen LogP contribution in [-0.4, -0.2) is 15.5 Å². The van der Waals surface area contributed by atoms with Gasteiger partial charge in [0, 0.05) is 18.1 Å². The van der Waals surface area contributed by atoms with E-state index < -0.39 is 10.0 Å². The molecule has 0 aliphatic heterocycles. The van der Waals surface area contributed by atoms with E-state index in [1.807, 2.05) is 12.1 Å². The summed E-state index contributed by atoms with van der Waals surface area (Å²) in [6, 6.07) is 14.0. The van der Waals surface area contributed by atoms with Crippen molar-refractivity contribution < 1.29 is 8.42 Å². The molecule has 0 saturated carbocycles. The van der Waals surface area contributed by atoms with E-state index in [4.69, 9.17) is 11.6 Å². The van der Waals surface area contributed by atoms with Crippen LogP contribution in [0.5, 0.6) is 0 Å². The van der Waals surface area contributed by atoms with Gasteiger partial charge < -0.3 is 5.32 Å². The summed E-state index contributed by atoms with van der Waals surface area (Å²) < 4.78 is 27.4. The molecule has 2 aromatic rings. The Kier molecular flexibility index (Phi) is 5.36. The van der Waals surface area contributed by atoms with Gasteiger partial charge in [0.2, 0.25) is 10.0 Å². The third kappa shape index (κ3) is 4.28. The van der Waals surface area contributed by atoms with E-state index in [0.29, 0.717) is 16.5 Å². The summed E-state index contributed by atoms with van der Waals surface area (Å²) in [4.78, 5) is 0.293. The molecule has 2 N–H and O–H groups in total. The molecule has 4 nitrogen and oxygen atoms in total. The van der Waals surface area contributed by atoms with Gasteiger partial charge in [-0.1, -0.05) is 41.9 Å². The van der Waals surface area contributed by atoms with E-state index in [2.05, 4.69) is 10.0 Å². The molecular formula is C15H17ClN2O2S. The maximum Gasteiger partial charge on any atom is 0.241 e. The summed E-state index contributed by atoms with van der Waals surface area (Å²) in [7, 11) is -1.78. The van der Waals surface area contributed by atoms with Gasteiger partial charge in [-0.05, 0) is 36.4 Å². The minimum Gasteiger partial charge on any atom is -0.316 e. The number of hydrogen-bond acceptors (Lipinski definition) is 3. The molecule has 0 aromatic heterocycles. The van der Waals surface area contributed by atoms with Crippen LogP contribution in [0.1, 0.15) is 11.1 Å². The summed E-state index contributed by atoms with van der Waals surface area (Å²) >= 11 is 5.89. The molecule has 0 amide bonds. The Hall–Kier alpha value is -1.40. The van der Waals surface area contributed by atoms with Crippen molar-refractivity contribution in [1.29, 1.82) is 0 Å². The first-order valence-electron chi connectivity index (χ1n) is 6.49. The van der Waals surface area contributed by atoms with Gasteiger partial charge in [-0.2, -0.15) is 0 Å². The van der Waals surface area contributed by atoms with Crippen LogP contribution in [0.3, 0.4) is 0 Å². The third-order valence-corrected chi connectivity index (χ3v) is 4.72. The van der Waals surface area contributed by atoms with E-state index in [1.54, 1.807) is 43.4 Å². The predicted molar refractivity (Wildman–Crippen MR) is 84.7 cm³/mol. The van der Waals surface area contributed by atoms with E-state index in [9.17, 15) is 8.42 Å². The topological polar surface area (TPSA) is 58.2 Å². The first-order chi connectivity index (χ1) is 10.0. The quantitative estimate of drug-likeness (QED) is 0.858. The van der Waals surface area contributed by atoms with Crippen LogP contribution in [0.2, 0.25) is 5.02 Å². The molecule has 2 rings (SSSR count). The molecule has 0 aliphatic rings. The van der Waals surface area contributed by atoms with Crippen molar-refractivity contribution in [3.63, 3.8) is 0 Å². The molecule has 0 atom stereocenters. The molecule has 2 aromatic carbocycles. The lowest BCUT2D eigenvalue weighted by Gasteiger charge is -2.11. The number of benzene rings is 2. The number of hydrogen-bond donors (Lipinski definition) is 2. The fourth-order valence-electron chi connectivity index (χ4n) is 2.01. The summed E-state index contributed by atoms with van der Waals surface area (Å²) in [5.41, 5.74) is 1.55. The summed E-state index contributed by atoms with van der Waals surface area (Å²) in [5.74, 6) is 0. The van der Waals surface area contributed by atoms with Gasteiger partial charge in [-0.3, -0.25) is 0 Å². The molecule has 0 aliphatic carbocycles. The first-order valence-corrected chi connectivity index (χ1v) is 8.35. The highest BCUT2D eigenvalue weighted by Crippen LogP contribution is 2.16. The van der Waals surface area contributed by atoms with Gasteiger partial charge in [0.25, 0.3) is 0 Å². The van der Waals surface area contributed by atoms with E-state index in [1.165, 1.54) is 0 Å². The minimum atomic E-state index is -3.56. The fraction of sp³-hybridized carbons (Fsp3) is 0.200. The van der Waals surface area contributed by atoms with Crippen molar-refractivity contribution in [1.82, 2.24) is 10.0 Å². The molecule has 0 bridgehead atoms. The fourth-order valence-corrected chi connectivity index (χ4v) is 3.47. The molecule has 0 radical (unpaired) electrons. The highest BCUT2D eigenvalue weighted by molar-refractivity contribution is 7.89. The average Bonchev–Trinajstić information content (AvgIpc) is 2.46. The smallest absolute Gasteiger partial charge is 0.241 e. The van der Waals surface area contributed by atoms with Gasteiger partial charge in [0.15, 0.2) is 0 Å². The van der Waals surface area contributed by atoms with Gasteiger partial charge in [-0.25, -0.2) is 13.1 Å². The molecule has 112 valence electrons. The number of rotatable bonds is 6. The minimum absolute atomic E-state index is 0.205. The lowest BCUT2D eigenvalue weighted by molar-refractivity contribution is 0.579. The summed E-state index contributed by atoms with van der Waals surface area (Å²) in [6.07, 6.45) is 0. The Balaban J connectivity index is 2.19. The van der Waals surface area contributed by atoms with E-state index in [-0.39, 0.29) is 6.54 Å². The largest absolute Gasteiger partial charge is 0.316 e. The number of halogens is 1.